The van der Waals surface area contributed by atoms with Gasteiger partial charge in [0.2, 0.25) is 11.8 Å². The van der Waals surface area contributed by atoms with Crippen molar-refractivity contribution in [1.82, 2.24) is 10.6 Å². The first kappa shape index (κ1) is 38.4. The Morgan fingerprint density at radius 3 is 2.16 bits per heavy atom. The number of nitrogens with one attached hydrogen (secondary N) is 2. The van der Waals surface area contributed by atoms with Gasteiger partial charge in [-0.3, -0.25) is 24.5 Å². The van der Waals surface area contributed by atoms with Gasteiger partial charge in [-0.05, 0) is 77.6 Å². The van der Waals surface area contributed by atoms with Crippen molar-refractivity contribution in [1.29, 1.82) is 0 Å². The van der Waals surface area contributed by atoms with Crippen LogP contribution in [0.25, 0.3) is 0 Å². The maximum absolute atomic E-state index is 11.7. The van der Waals surface area contributed by atoms with Crippen LogP contribution in [0, 0.1) is 0 Å². The van der Waals surface area contributed by atoms with Crippen molar-refractivity contribution < 1.29 is 33.4 Å². The molecule has 262 valence electrons. The molecule has 0 saturated carbocycles. The SMILES string of the molecule is CNC(=O)C(Cc1ccc(OCCc2cccc(Cl)c2)cc1)SC=O.COc1ccccc1CCOc1ccc(CC2SC(=O)NC2=O)cc1. The van der Waals surface area contributed by atoms with Gasteiger partial charge >= 0.3 is 0 Å². The third-order valence-corrected chi connectivity index (χ3v) is 9.63. The van der Waals surface area contributed by atoms with Gasteiger partial charge in [0.05, 0.1) is 30.8 Å². The van der Waals surface area contributed by atoms with Crippen molar-refractivity contribution in [2.24, 2.45) is 0 Å². The third kappa shape index (κ3) is 12.5. The summed E-state index contributed by atoms with van der Waals surface area (Å²) in [6.07, 6.45) is 2.55. The van der Waals surface area contributed by atoms with Crippen molar-refractivity contribution in [3.8, 4) is 17.2 Å². The van der Waals surface area contributed by atoms with E-state index in [0.29, 0.717) is 31.7 Å². The first-order valence-electron chi connectivity index (χ1n) is 15.9. The molecule has 50 heavy (non-hydrogen) atoms. The minimum absolute atomic E-state index is 0.154. The number of benzene rings is 4. The minimum atomic E-state index is -0.419. The lowest BCUT2D eigenvalue weighted by Gasteiger charge is -2.12. The molecule has 1 heterocycles. The highest BCUT2D eigenvalue weighted by molar-refractivity contribution is 8.15. The van der Waals surface area contributed by atoms with Crippen LogP contribution in [0.2, 0.25) is 5.02 Å². The molecule has 0 radical (unpaired) electrons. The largest absolute Gasteiger partial charge is 0.496 e. The Hall–Kier alpha value is -4.45. The molecule has 2 atom stereocenters. The Labute approximate surface area is 305 Å². The van der Waals surface area contributed by atoms with E-state index in [0.717, 1.165) is 80.9 Å². The molecule has 1 aliphatic rings. The van der Waals surface area contributed by atoms with Crippen LogP contribution < -0.4 is 24.8 Å². The molecule has 4 aromatic rings. The van der Waals surface area contributed by atoms with E-state index in [1.165, 1.54) is 0 Å². The highest BCUT2D eigenvalue weighted by atomic mass is 35.5. The summed E-state index contributed by atoms with van der Waals surface area (Å²) < 4.78 is 16.8. The number of amides is 3. The quantitative estimate of drug-likeness (QED) is 0.121. The summed E-state index contributed by atoms with van der Waals surface area (Å²) >= 11 is 7.99. The van der Waals surface area contributed by atoms with E-state index < -0.39 is 5.25 Å². The Kier molecular flexibility index (Phi) is 15.6. The number of para-hydroxylation sites is 1. The van der Waals surface area contributed by atoms with Crippen molar-refractivity contribution in [3.05, 3.63) is 124 Å². The number of hydrogen-bond acceptors (Lipinski definition) is 9. The second-order valence-electron chi connectivity index (χ2n) is 11.1. The van der Waals surface area contributed by atoms with Gasteiger partial charge in [-0.2, -0.15) is 0 Å². The molecule has 3 amide bonds. The van der Waals surface area contributed by atoms with E-state index in [1.54, 1.807) is 14.2 Å². The van der Waals surface area contributed by atoms with Gasteiger partial charge < -0.3 is 19.5 Å². The van der Waals surface area contributed by atoms with Gasteiger partial charge in [-0.1, -0.05) is 89.7 Å². The summed E-state index contributed by atoms with van der Waals surface area (Å²) in [6.45, 7) is 1.11. The molecule has 0 aliphatic carbocycles. The number of carbonyl (C=O) groups excluding carboxylic acids is 4. The third-order valence-electron chi connectivity index (χ3n) is 7.60. The molecule has 2 N–H and O–H groups in total. The number of imide groups is 1. The Morgan fingerprint density at radius 2 is 1.56 bits per heavy atom. The second-order valence-corrected chi connectivity index (χ2v) is 13.7. The fraction of sp³-hybridized carbons (Fsp3) is 0.263. The highest BCUT2D eigenvalue weighted by Gasteiger charge is 2.31. The molecule has 2 unspecified atom stereocenters. The average Bonchev–Trinajstić information content (AvgIpc) is 3.45. The van der Waals surface area contributed by atoms with Crippen LogP contribution in [0.1, 0.15) is 22.3 Å². The molecule has 4 aromatic carbocycles. The number of rotatable bonds is 16. The maximum Gasteiger partial charge on any atom is 0.286 e. The van der Waals surface area contributed by atoms with Crippen molar-refractivity contribution in [2.45, 2.75) is 36.2 Å². The van der Waals surface area contributed by atoms with E-state index in [9.17, 15) is 19.2 Å². The molecule has 1 fully saturated rings. The molecule has 0 aromatic heterocycles. The van der Waals surface area contributed by atoms with Crippen LogP contribution in [0.3, 0.4) is 0 Å². The summed E-state index contributed by atoms with van der Waals surface area (Å²) in [5.41, 5.74) is 4.91. The lowest BCUT2D eigenvalue weighted by Crippen LogP contribution is -2.31. The van der Waals surface area contributed by atoms with Gasteiger partial charge in [0.1, 0.15) is 17.2 Å². The second kappa shape index (κ2) is 20.3. The zero-order chi connectivity index (χ0) is 35.7. The van der Waals surface area contributed by atoms with Crippen LogP contribution >= 0.6 is 35.1 Å². The maximum atomic E-state index is 11.7. The Bertz CT molecular complexity index is 1720. The number of methoxy groups -OCH3 is 1. The summed E-state index contributed by atoms with van der Waals surface area (Å²) in [5, 5.41) is 4.57. The zero-order valence-corrected chi connectivity index (χ0v) is 30.2. The normalized spacial score (nSPS) is 14.1. The fourth-order valence-corrected chi connectivity index (χ4v) is 6.73. The first-order valence-corrected chi connectivity index (χ1v) is 18.1. The molecule has 0 bridgehead atoms. The van der Waals surface area contributed by atoms with Gasteiger partial charge in [0.25, 0.3) is 5.24 Å². The number of hydrogen-bond donors (Lipinski definition) is 2. The summed E-state index contributed by atoms with van der Waals surface area (Å²) in [5.74, 6) is 2.04. The molecule has 9 nitrogen and oxygen atoms in total. The van der Waals surface area contributed by atoms with Crippen LogP contribution in [-0.4, -0.2) is 60.5 Å². The van der Waals surface area contributed by atoms with E-state index >= 15 is 0 Å². The first-order chi connectivity index (χ1) is 24.3. The van der Waals surface area contributed by atoms with E-state index in [2.05, 4.69) is 10.6 Å². The minimum Gasteiger partial charge on any atom is -0.496 e. The fourth-order valence-electron chi connectivity index (χ4n) is 5.00. The van der Waals surface area contributed by atoms with Crippen molar-refractivity contribution in [2.75, 3.05) is 27.4 Å². The summed E-state index contributed by atoms with van der Waals surface area (Å²) in [4.78, 5) is 45.2. The van der Waals surface area contributed by atoms with E-state index in [-0.39, 0.29) is 22.3 Å². The van der Waals surface area contributed by atoms with Gasteiger partial charge in [0.15, 0.2) is 5.62 Å². The number of thioether (sulfide) groups is 2. The smallest absolute Gasteiger partial charge is 0.286 e. The molecular weight excluding hydrogens is 696 g/mol. The predicted molar refractivity (Wildman–Crippen MR) is 200 cm³/mol. The Morgan fingerprint density at radius 1 is 0.900 bits per heavy atom. The lowest BCUT2D eigenvalue weighted by molar-refractivity contribution is -0.120. The highest BCUT2D eigenvalue weighted by Crippen LogP contribution is 2.24. The molecular formula is C38H39ClN2O7S2. The molecule has 1 saturated heterocycles. The van der Waals surface area contributed by atoms with Crippen LogP contribution in [0.4, 0.5) is 4.79 Å². The van der Waals surface area contributed by atoms with Gasteiger partial charge in [-0.25, -0.2) is 0 Å². The van der Waals surface area contributed by atoms with E-state index in [1.807, 2.05) is 97.1 Å². The van der Waals surface area contributed by atoms with Crippen molar-refractivity contribution in [3.63, 3.8) is 0 Å². The topological polar surface area (TPSA) is 120 Å². The number of ether oxygens (including phenoxy) is 3. The molecule has 1 aliphatic heterocycles. The lowest BCUT2D eigenvalue weighted by atomic mass is 10.1. The number of carbonyl (C=O) groups is 4. The zero-order valence-electron chi connectivity index (χ0n) is 27.8. The Balaban J connectivity index is 0.000000225. The summed E-state index contributed by atoms with van der Waals surface area (Å²) in [6, 6.07) is 30.8. The molecule has 5 rings (SSSR count). The molecule has 0 spiro atoms. The predicted octanol–water partition coefficient (Wildman–Crippen LogP) is 6.75. The monoisotopic (exact) mass is 734 g/mol. The van der Waals surface area contributed by atoms with Crippen LogP contribution in [0.15, 0.2) is 97.1 Å². The summed E-state index contributed by atoms with van der Waals surface area (Å²) in [7, 11) is 3.23. The molecule has 12 heteroatoms. The van der Waals surface area contributed by atoms with Gasteiger partial charge in [0, 0.05) is 24.9 Å². The average molecular weight is 735 g/mol. The van der Waals surface area contributed by atoms with Crippen molar-refractivity contribution >= 4 is 57.8 Å². The van der Waals surface area contributed by atoms with Crippen LogP contribution in [0.5, 0.6) is 17.2 Å². The number of halogens is 1. The van der Waals surface area contributed by atoms with Crippen LogP contribution in [-0.2, 0) is 40.1 Å². The van der Waals surface area contributed by atoms with E-state index in [4.69, 9.17) is 25.8 Å². The van der Waals surface area contributed by atoms with Gasteiger partial charge in [-0.15, -0.1) is 0 Å². The standard InChI is InChI=1S/C19H20ClNO3S.C19H19NO4S/c1-21-19(23)18(25-13-22)12-15-5-7-17(8-6-15)24-10-9-14-3-2-4-16(20)11-14;1-23-16-5-3-2-4-14(16)10-11-24-15-8-6-13(7-9-15)12-17-18(21)20-19(22)25-17/h2-8,11,13,18H,9-10,12H2,1H3,(H,21,23);2-9,17H,10-12H2,1H3,(H,20,21,22).